The topological polar surface area (TPSA) is 59.3 Å². The summed E-state index contributed by atoms with van der Waals surface area (Å²) in [5.74, 6) is 1.34. The Labute approximate surface area is 146 Å². The van der Waals surface area contributed by atoms with Crippen LogP contribution in [0.2, 0.25) is 0 Å². The zero-order chi connectivity index (χ0) is 17.0. The Hall–Kier alpha value is -1.89. The molecule has 6 heteroatoms. The number of nitrogens with one attached hydrogen (secondary N) is 1. The summed E-state index contributed by atoms with van der Waals surface area (Å²) in [6.45, 7) is 2.23. The van der Waals surface area contributed by atoms with Crippen molar-refractivity contribution in [3.05, 3.63) is 65.2 Å². The summed E-state index contributed by atoms with van der Waals surface area (Å²) >= 11 is 1.58. The summed E-state index contributed by atoms with van der Waals surface area (Å²) in [6.07, 6.45) is 1.99. The van der Waals surface area contributed by atoms with E-state index in [9.17, 15) is 8.42 Å². The lowest BCUT2D eigenvalue weighted by atomic mass is 10.1. The molecule has 0 aliphatic rings. The first kappa shape index (κ1) is 17.0. The summed E-state index contributed by atoms with van der Waals surface area (Å²) < 4.78 is 33.0. The largest absolute Gasteiger partial charge is 0.459 e. The molecule has 0 saturated carbocycles. The Morgan fingerprint density at radius 1 is 1.08 bits per heavy atom. The predicted octanol–water partition coefficient (Wildman–Crippen LogP) is 4.44. The van der Waals surface area contributed by atoms with Gasteiger partial charge in [-0.3, -0.25) is 0 Å². The second-order valence-corrected chi connectivity index (χ2v) is 8.18. The minimum atomic E-state index is -3.54. The van der Waals surface area contributed by atoms with Gasteiger partial charge in [0.2, 0.25) is 10.0 Å². The third kappa shape index (κ3) is 3.95. The van der Waals surface area contributed by atoms with Crippen LogP contribution in [0.3, 0.4) is 0 Å². The highest BCUT2D eigenvalue weighted by molar-refractivity contribution is 7.89. The van der Waals surface area contributed by atoms with E-state index in [4.69, 9.17) is 4.42 Å². The van der Waals surface area contributed by atoms with Crippen LogP contribution in [-0.2, 0) is 23.0 Å². The third-order valence-corrected chi connectivity index (χ3v) is 5.94. The number of hydrogen-bond donors (Lipinski definition) is 1. The smallest absolute Gasteiger partial charge is 0.240 e. The molecule has 0 saturated heterocycles. The van der Waals surface area contributed by atoms with Crippen LogP contribution in [0.15, 0.2) is 63.2 Å². The molecule has 0 amide bonds. The molecule has 0 unspecified atom stereocenters. The summed E-state index contributed by atoms with van der Waals surface area (Å²) in [5.41, 5.74) is 1.14. The van der Waals surface area contributed by atoms with Crippen LogP contribution in [0.1, 0.15) is 24.7 Å². The minimum Gasteiger partial charge on any atom is -0.459 e. The van der Waals surface area contributed by atoms with Crippen LogP contribution in [-0.4, -0.2) is 8.42 Å². The van der Waals surface area contributed by atoms with Gasteiger partial charge in [-0.15, -0.1) is 11.3 Å². The SMILES string of the molecule is CCCc1ccc(S(=O)(=O)NCc2ccc(-c3cccs3)o2)cc1. The van der Waals surface area contributed by atoms with Crippen LogP contribution in [0.25, 0.3) is 10.6 Å². The molecule has 3 aromatic rings. The molecule has 0 aliphatic heterocycles. The van der Waals surface area contributed by atoms with E-state index in [0.29, 0.717) is 5.76 Å². The zero-order valence-corrected chi connectivity index (χ0v) is 15.0. The fourth-order valence-electron chi connectivity index (χ4n) is 2.40. The molecule has 0 spiro atoms. The van der Waals surface area contributed by atoms with Crippen molar-refractivity contribution >= 4 is 21.4 Å². The van der Waals surface area contributed by atoms with Gasteiger partial charge in [-0.1, -0.05) is 31.5 Å². The maximum Gasteiger partial charge on any atom is 0.240 e. The molecule has 0 bridgehead atoms. The van der Waals surface area contributed by atoms with Crippen molar-refractivity contribution in [2.24, 2.45) is 0 Å². The lowest BCUT2D eigenvalue weighted by Crippen LogP contribution is -2.23. The highest BCUT2D eigenvalue weighted by Crippen LogP contribution is 2.26. The molecule has 4 nitrogen and oxygen atoms in total. The van der Waals surface area contributed by atoms with Gasteiger partial charge in [-0.05, 0) is 47.7 Å². The molecule has 0 atom stereocenters. The van der Waals surface area contributed by atoms with Gasteiger partial charge in [-0.25, -0.2) is 13.1 Å². The molecule has 1 aromatic carbocycles. The average Bonchev–Trinajstić information content (AvgIpc) is 3.25. The number of thiophene rings is 1. The molecule has 2 aromatic heterocycles. The molecule has 0 fully saturated rings. The first-order valence-electron chi connectivity index (χ1n) is 7.79. The normalized spacial score (nSPS) is 11.7. The Morgan fingerprint density at radius 2 is 1.88 bits per heavy atom. The molecule has 2 heterocycles. The van der Waals surface area contributed by atoms with Crippen molar-refractivity contribution in [2.45, 2.75) is 31.2 Å². The van der Waals surface area contributed by atoms with Gasteiger partial charge in [0.25, 0.3) is 0 Å². The van der Waals surface area contributed by atoms with Gasteiger partial charge in [0.15, 0.2) is 0 Å². The maximum absolute atomic E-state index is 12.4. The van der Waals surface area contributed by atoms with Gasteiger partial charge in [0, 0.05) is 0 Å². The van der Waals surface area contributed by atoms with Gasteiger partial charge in [0.1, 0.15) is 11.5 Å². The minimum absolute atomic E-state index is 0.129. The van der Waals surface area contributed by atoms with Crippen LogP contribution < -0.4 is 4.72 Å². The molecule has 1 N–H and O–H groups in total. The fourth-order valence-corrected chi connectivity index (χ4v) is 4.08. The second-order valence-electron chi connectivity index (χ2n) is 5.46. The summed E-state index contributed by atoms with van der Waals surface area (Å²) in [7, 11) is -3.54. The van der Waals surface area contributed by atoms with E-state index in [-0.39, 0.29) is 11.4 Å². The first-order valence-corrected chi connectivity index (χ1v) is 10.2. The van der Waals surface area contributed by atoms with Crippen LogP contribution in [0, 0.1) is 0 Å². The first-order chi connectivity index (χ1) is 11.6. The molecule has 0 radical (unpaired) electrons. The molecule has 24 heavy (non-hydrogen) atoms. The van der Waals surface area contributed by atoms with Crippen LogP contribution in [0.5, 0.6) is 0 Å². The molecule has 126 valence electrons. The number of rotatable bonds is 7. The van der Waals surface area contributed by atoms with E-state index < -0.39 is 10.0 Å². The summed E-state index contributed by atoms with van der Waals surface area (Å²) in [4.78, 5) is 1.29. The van der Waals surface area contributed by atoms with Crippen molar-refractivity contribution in [1.29, 1.82) is 0 Å². The lowest BCUT2D eigenvalue weighted by molar-refractivity contribution is 0.510. The van der Waals surface area contributed by atoms with Gasteiger partial charge >= 0.3 is 0 Å². The number of benzene rings is 1. The molecule has 3 rings (SSSR count). The second kappa shape index (κ2) is 7.34. The van der Waals surface area contributed by atoms with Gasteiger partial charge in [0.05, 0.1) is 16.3 Å². The highest BCUT2D eigenvalue weighted by atomic mass is 32.2. The lowest BCUT2D eigenvalue weighted by Gasteiger charge is -2.06. The Morgan fingerprint density at radius 3 is 2.54 bits per heavy atom. The predicted molar refractivity (Wildman–Crippen MR) is 96.5 cm³/mol. The van der Waals surface area contributed by atoms with E-state index in [1.54, 1.807) is 29.5 Å². The average molecular weight is 361 g/mol. The molecule has 0 aliphatic carbocycles. The quantitative estimate of drug-likeness (QED) is 0.677. The van der Waals surface area contributed by atoms with E-state index in [0.717, 1.165) is 29.0 Å². The number of sulfonamides is 1. The Bertz CT molecular complexity index is 879. The molecular formula is C18H19NO3S2. The van der Waals surface area contributed by atoms with E-state index in [1.165, 1.54) is 0 Å². The van der Waals surface area contributed by atoms with Crippen LogP contribution >= 0.6 is 11.3 Å². The van der Waals surface area contributed by atoms with Gasteiger partial charge in [-0.2, -0.15) is 0 Å². The van der Waals surface area contributed by atoms with E-state index in [2.05, 4.69) is 11.6 Å². The maximum atomic E-state index is 12.4. The number of furan rings is 1. The summed E-state index contributed by atoms with van der Waals surface area (Å²) in [6, 6.07) is 14.6. The third-order valence-electron chi connectivity index (χ3n) is 3.63. The number of aryl methyl sites for hydroxylation is 1. The van der Waals surface area contributed by atoms with Gasteiger partial charge < -0.3 is 4.42 Å². The van der Waals surface area contributed by atoms with E-state index >= 15 is 0 Å². The standard InChI is InChI=1S/C18H19NO3S2/c1-2-4-14-6-9-16(10-7-14)24(20,21)19-13-15-8-11-17(22-15)18-5-3-12-23-18/h3,5-12,19H,2,4,13H2,1H3. The van der Waals surface area contributed by atoms with E-state index in [1.807, 2.05) is 35.7 Å². The highest BCUT2D eigenvalue weighted by Gasteiger charge is 2.15. The Kier molecular flexibility index (Phi) is 5.18. The zero-order valence-electron chi connectivity index (χ0n) is 13.4. The summed E-state index contributed by atoms with van der Waals surface area (Å²) in [5, 5.41) is 1.97. The van der Waals surface area contributed by atoms with Crippen molar-refractivity contribution in [3.63, 3.8) is 0 Å². The monoisotopic (exact) mass is 361 g/mol. The van der Waals surface area contributed by atoms with Crippen molar-refractivity contribution in [1.82, 2.24) is 4.72 Å². The Balaban J connectivity index is 1.66. The molecular weight excluding hydrogens is 342 g/mol. The van der Waals surface area contributed by atoms with Crippen molar-refractivity contribution in [3.8, 4) is 10.6 Å². The fraction of sp³-hybridized carbons (Fsp3) is 0.222. The number of hydrogen-bond acceptors (Lipinski definition) is 4. The van der Waals surface area contributed by atoms with Crippen molar-refractivity contribution < 1.29 is 12.8 Å². The van der Waals surface area contributed by atoms with Crippen LogP contribution in [0.4, 0.5) is 0 Å². The van der Waals surface area contributed by atoms with Crippen molar-refractivity contribution in [2.75, 3.05) is 0 Å².